The summed E-state index contributed by atoms with van der Waals surface area (Å²) in [5.74, 6) is -2.19. The smallest absolute Gasteiger partial charge is 0.334 e. The minimum Gasteiger partial charge on any atom is -0.505 e. The summed E-state index contributed by atoms with van der Waals surface area (Å²) < 4.78 is 22.7. The molecule has 15 nitrogen and oxygen atoms in total. The van der Waals surface area contributed by atoms with Crippen molar-refractivity contribution in [2.45, 2.75) is 39.9 Å². The fraction of sp³-hybridized carbons (Fsp3) is 0.412. The van der Waals surface area contributed by atoms with Gasteiger partial charge in [-0.3, -0.25) is 33.4 Å². The Bertz CT molecular complexity index is 1780. The standard InChI is InChI=1S/C34H47N5O10P2/c1-24-15-27(33(42)29(17-24)35-31(40)22-50(44,45)46)20-38-10-6-9-37(19-26-7-4-3-5-8-26)11-13-39(14-12-38)21-28-16-25(2)18-30(34(28)43)36-32(41)23-51(47,48)49/h3-5,7-8,15-18,42-43H,6,9-14,19-23H2,1-2H3,(H,35,40)(H,36,41)(H2,44,45,46)(H2,47,48,49). The minimum atomic E-state index is -4.60. The first-order chi connectivity index (χ1) is 23.9. The Morgan fingerprint density at radius 2 is 1.02 bits per heavy atom. The minimum absolute atomic E-state index is 0.0652. The summed E-state index contributed by atoms with van der Waals surface area (Å²) in [5, 5.41) is 27.1. The van der Waals surface area contributed by atoms with Crippen LogP contribution in [0.25, 0.3) is 0 Å². The maximum Gasteiger partial charge on any atom is 0.334 e. The van der Waals surface area contributed by atoms with Crippen LogP contribution >= 0.6 is 15.2 Å². The first-order valence-corrected chi connectivity index (χ1v) is 20.1. The molecule has 8 N–H and O–H groups in total. The lowest BCUT2D eigenvalue weighted by atomic mass is 10.1. The molecule has 0 atom stereocenters. The Labute approximate surface area is 297 Å². The van der Waals surface area contributed by atoms with Gasteiger partial charge in [0, 0.05) is 56.9 Å². The van der Waals surface area contributed by atoms with Gasteiger partial charge < -0.3 is 40.4 Å². The van der Waals surface area contributed by atoms with Crippen LogP contribution in [0.1, 0.15) is 34.2 Å². The van der Waals surface area contributed by atoms with E-state index in [-0.39, 0.29) is 22.9 Å². The van der Waals surface area contributed by atoms with Gasteiger partial charge in [-0.2, -0.15) is 0 Å². The number of nitrogens with one attached hydrogen (secondary N) is 2. The second-order valence-corrected chi connectivity index (χ2v) is 16.3. The lowest BCUT2D eigenvalue weighted by molar-refractivity contribution is -0.115. The maximum absolute atomic E-state index is 12.3. The Balaban J connectivity index is 1.57. The number of phenolic OH excluding ortho intramolecular Hbond substituents is 2. The molecule has 0 bridgehead atoms. The largest absolute Gasteiger partial charge is 0.505 e. The average Bonchev–Trinajstić information content (AvgIpc) is 3.01. The van der Waals surface area contributed by atoms with E-state index in [4.69, 9.17) is 0 Å². The predicted octanol–water partition coefficient (Wildman–Crippen LogP) is 3.16. The van der Waals surface area contributed by atoms with E-state index in [1.807, 2.05) is 18.2 Å². The van der Waals surface area contributed by atoms with Crippen molar-refractivity contribution >= 4 is 38.4 Å². The number of anilines is 2. The maximum atomic E-state index is 12.3. The second-order valence-electron chi connectivity index (χ2n) is 13.0. The van der Waals surface area contributed by atoms with E-state index in [0.29, 0.717) is 50.4 Å². The van der Waals surface area contributed by atoms with E-state index in [2.05, 4.69) is 37.5 Å². The molecule has 3 aromatic rings. The molecule has 1 aliphatic rings. The zero-order chi connectivity index (χ0) is 37.3. The van der Waals surface area contributed by atoms with E-state index in [9.17, 15) is 48.5 Å². The van der Waals surface area contributed by atoms with Crippen molar-refractivity contribution in [3.63, 3.8) is 0 Å². The topological polar surface area (TPSA) is 223 Å². The third-order valence-electron chi connectivity index (χ3n) is 8.36. The highest BCUT2D eigenvalue weighted by Gasteiger charge is 2.24. The van der Waals surface area contributed by atoms with Crippen LogP contribution in [0, 0.1) is 13.8 Å². The summed E-state index contributed by atoms with van der Waals surface area (Å²) >= 11 is 0. The van der Waals surface area contributed by atoms with E-state index < -0.39 is 39.3 Å². The average molecular weight is 748 g/mol. The van der Waals surface area contributed by atoms with Gasteiger partial charge in [-0.05, 0) is 62.2 Å². The van der Waals surface area contributed by atoms with Gasteiger partial charge in [0.05, 0.1) is 11.4 Å². The van der Waals surface area contributed by atoms with Crippen molar-refractivity contribution in [2.75, 3.05) is 62.2 Å². The van der Waals surface area contributed by atoms with Gasteiger partial charge in [0.15, 0.2) is 0 Å². The Morgan fingerprint density at radius 1 is 0.627 bits per heavy atom. The molecule has 0 aromatic heterocycles. The molecule has 2 amide bonds. The number of phenols is 2. The van der Waals surface area contributed by atoms with Crippen LogP contribution in [-0.2, 0) is 38.4 Å². The summed E-state index contributed by atoms with van der Waals surface area (Å²) in [6, 6.07) is 16.8. The van der Waals surface area contributed by atoms with Crippen molar-refractivity contribution in [3.05, 3.63) is 82.4 Å². The number of benzene rings is 3. The lowest BCUT2D eigenvalue weighted by Crippen LogP contribution is -2.42. The fourth-order valence-electron chi connectivity index (χ4n) is 6.11. The molecule has 0 unspecified atom stereocenters. The van der Waals surface area contributed by atoms with Gasteiger partial charge in [-0.15, -0.1) is 0 Å². The number of carbonyl (C=O) groups is 2. The Kier molecular flexibility index (Phi) is 14.0. The summed E-state index contributed by atoms with van der Waals surface area (Å²) in [5.41, 5.74) is 3.85. The highest BCUT2D eigenvalue weighted by molar-refractivity contribution is 7.53. The number of carbonyl (C=O) groups excluding carboxylic acids is 2. The molecule has 1 aliphatic heterocycles. The second kappa shape index (κ2) is 17.7. The highest BCUT2D eigenvalue weighted by Crippen LogP contribution is 2.37. The van der Waals surface area contributed by atoms with Gasteiger partial charge >= 0.3 is 15.2 Å². The number of rotatable bonds is 12. The van der Waals surface area contributed by atoms with Gasteiger partial charge in [-0.1, -0.05) is 42.5 Å². The third kappa shape index (κ3) is 13.5. The summed E-state index contributed by atoms with van der Waals surface area (Å²) in [4.78, 5) is 68.1. The number of nitrogens with zero attached hydrogens (tertiary/aromatic N) is 3. The molecule has 0 aliphatic carbocycles. The van der Waals surface area contributed by atoms with Crippen LogP contribution < -0.4 is 10.6 Å². The zero-order valence-corrected chi connectivity index (χ0v) is 30.5. The molecule has 1 heterocycles. The van der Waals surface area contributed by atoms with Gasteiger partial charge in [0.25, 0.3) is 0 Å². The summed E-state index contributed by atoms with van der Waals surface area (Å²) in [7, 11) is -9.20. The zero-order valence-electron chi connectivity index (χ0n) is 28.7. The SMILES string of the molecule is Cc1cc(CN2CCCN(Cc3ccccc3)CCN(Cc3cc(C)cc(NC(=O)CP(=O)(O)O)c3O)CC2)c(O)c(NC(=O)CP(=O)(O)O)c1. The first-order valence-electron chi connectivity index (χ1n) is 16.5. The van der Waals surface area contributed by atoms with Crippen LogP contribution in [0.4, 0.5) is 11.4 Å². The van der Waals surface area contributed by atoms with Gasteiger partial charge in [0.1, 0.15) is 23.8 Å². The number of aromatic hydroxyl groups is 2. The molecule has 0 spiro atoms. The lowest BCUT2D eigenvalue weighted by Gasteiger charge is -2.33. The molecule has 278 valence electrons. The van der Waals surface area contributed by atoms with Crippen LogP contribution in [0.5, 0.6) is 11.5 Å². The van der Waals surface area contributed by atoms with E-state index >= 15 is 0 Å². The van der Waals surface area contributed by atoms with Crippen molar-refractivity contribution in [3.8, 4) is 11.5 Å². The van der Waals surface area contributed by atoms with Crippen LogP contribution in [0.3, 0.4) is 0 Å². The van der Waals surface area contributed by atoms with Crippen LogP contribution in [0.15, 0.2) is 54.6 Å². The monoisotopic (exact) mass is 747 g/mol. The molecule has 0 saturated carbocycles. The van der Waals surface area contributed by atoms with E-state index in [0.717, 1.165) is 37.2 Å². The summed E-state index contributed by atoms with van der Waals surface area (Å²) in [6.07, 6.45) is -1.18. The number of hydrogen-bond acceptors (Lipinski definition) is 9. The van der Waals surface area contributed by atoms with Crippen molar-refractivity contribution in [2.24, 2.45) is 0 Å². The Hall–Kier alpha value is -3.62. The van der Waals surface area contributed by atoms with Crippen LogP contribution in [0.2, 0.25) is 0 Å². The normalized spacial score (nSPS) is 15.7. The van der Waals surface area contributed by atoms with Crippen molar-refractivity contribution in [1.29, 1.82) is 0 Å². The summed E-state index contributed by atoms with van der Waals surface area (Å²) in [6.45, 7) is 8.94. The van der Waals surface area contributed by atoms with Gasteiger partial charge in [0.2, 0.25) is 11.8 Å². The molecule has 1 fully saturated rings. The number of aryl methyl sites for hydroxylation is 2. The van der Waals surface area contributed by atoms with Crippen molar-refractivity contribution in [1.82, 2.24) is 14.7 Å². The van der Waals surface area contributed by atoms with E-state index in [1.165, 1.54) is 5.56 Å². The third-order valence-corrected chi connectivity index (χ3v) is 9.76. The van der Waals surface area contributed by atoms with Gasteiger partial charge in [-0.25, -0.2) is 0 Å². The Morgan fingerprint density at radius 3 is 1.43 bits per heavy atom. The number of hydrogen-bond donors (Lipinski definition) is 8. The molecule has 1 saturated heterocycles. The highest BCUT2D eigenvalue weighted by atomic mass is 31.2. The molecule has 17 heteroatoms. The number of amides is 2. The molecular weight excluding hydrogens is 700 g/mol. The van der Waals surface area contributed by atoms with E-state index in [1.54, 1.807) is 38.1 Å². The predicted molar refractivity (Wildman–Crippen MR) is 194 cm³/mol. The molecular formula is C34H47N5O10P2. The fourth-order valence-corrected chi connectivity index (χ4v) is 7.02. The molecule has 4 rings (SSSR count). The van der Waals surface area contributed by atoms with Crippen LogP contribution in [-0.4, -0.2) is 108 Å². The molecule has 3 aromatic carbocycles. The molecule has 51 heavy (non-hydrogen) atoms. The first kappa shape index (κ1) is 40.2. The quantitative estimate of drug-likeness (QED) is 0.0987. The molecule has 0 radical (unpaired) electrons. The van der Waals surface area contributed by atoms with Crippen molar-refractivity contribution < 1.29 is 48.5 Å².